The molecule has 0 amide bonds. The topological polar surface area (TPSA) is 25.8 Å². The first-order chi connectivity index (χ1) is 26.2. The van der Waals surface area contributed by atoms with Gasteiger partial charge in [-0.2, -0.15) is 0 Å². The lowest BCUT2D eigenvalue weighted by Gasteiger charge is -2.16. The number of rotatable bonds is 6. The fourth-order valence-electron chi connectivity index (χ4n) is 7.50. The summed E-state index contributed by atoms with van der Waals surface area (Å²) in [6.45, 7) is 0. The smallest absolute Gasteiger partial charge is 0.160 e. The molecule has 0 atom stereocenters. The third-order valence-electron chi connectivity index (χ3n) is 10.1. The van der Waals surface area contributed by atoms with Gasteiger partial charge in [0.1, 0.15) is 0 Å². The molecule has 8 aromatic carbocycles. The Labute approximate surface area is 312 Å². The Bertz CT molecular complexity index is 2880. The van der Waals surface area contributed by atoms with Crippen LogP contribution in [0.15, 0.2) is 194 Å². The molecule has 0 radical (unpaired) electrons. The number of fused-ring (bicyclic) bond motifs is 4. The van der Waals surface area contributed by atoms with E-state index in [1.807, 2.05) is 35.6 Å². The standard InChI is InChI=1S/C50H32N2S/c1-3-15-34(16-4-1)46-32-47(52-50(51-46)35-17-5-2-6-18-35)39-29-37(36-26-27-49-45(31-36)44-23-11-12-25-48(44)53-49)28-38(30-39)41-21-9-10-22-42(41)43-24-13-19-33-14-7-8-20-40(33)43/h1-32H. The molecule has 0 aliphatic rings. The maximum Gasteiger partial charge on any atom is 0.160 e. The fourth-order valence-corrected chi connectivity index (χ4v) is 8.59. The summed E-state index contributed by atoms with van der Waals surface area (Å²) in [5, 5.41) is 5.05. The average molecular weight is 693 g/mol. The van der Waals surface area contributed by atoms with Crippen molar-refractivity contribution in [3.05, 3.63) is 194 Å². The highest BCUT2D eigenvalue weighted by Crippen LogP contribution is 2.42. The Kier molecular flexibility index (Phi) is 7.71. The highest BCUT2D eigenvalue weighted by molar-refractivity contribution is 7.25. The SMILES string of the molecule is c1ccc(-c2cc(-c3cc(-c4ccc5sc6ccccc6c5c4)cc(-c4ccccc4-c4cccc5ccccc45)c3)nc(-c3ccccc3)n2)cc1. The Morgan fingerprint density at radius 1 is 0.302 bits per heavy atom. The van der Waals surface area contributed by atoms with Crippen LogP contribution in [0.2, 0.25) is 0 Å². The van der Waals surface area contributed by atoms with Gasteiger partial charge < -0.3 is 0 Å². The maximum atomic E-state index is 5.26. The van der Waals surface area contributed by atoms with Gasteiger partial charge in [-0.05, 0) is 86.6 Å². The molecule has 2 aromatic heterocycles. The van der Waals surface area contributed by atoms with Crippen LogP contribution in [0.5, 0.6) is 0 Å². The third-order valence-corrected chi connectivity index (χ3v) is 11.2. The normalized spacial score (nSPS) is 11.4. The summed E-state index contributed by atoms with van der Waals surface area (Å²) in [7, 11) is 0. The highest BCUT2D eigenvalue weighted by Gasteiger charge is 2.17. The van der Waals surface area contributed by atoms with Crippen LogP contribution in [-0.2, 0) is 0 Å². The van der Waals surface area contributed by atoms with Crippen LogP contribution in [0, 0.1) is 0 Å². The minimum absolute atomic E-state index is 0.705. The molecule has 0 bridgehead atoms. The van der Waals surface area contributed by atoms with Crippen molar-refractivity contribution in [3.63, 3.8) is 0 Å². The molecule has 10 aromatic rings. The van der Waals surface area contributed by atoms with Crippen molar-refractivity contribution in [3.8, 4) is 67.3 Å². The van der Waals surface area contributed by atoms with Crippen molar-refractivity contribution in [1.82, 2.24) is 9.97 Å². The number of hydrogen-bond donors (Lipinski definition) is 0. The molecule has 0 N–H and O–H groups in total. The van der Waals surface area contributed by atoms with Gasteiger partial charge in [0.2, 0.25) is 0 Å². The molecule has 2 heterocycles. The molecule has 0 aliphatic heterocycles. The van der Waals surface area contributed by atoms with Crippen LogP contribution in [0.25, 0.3) is 98.2 Å². The molecule has 53 heavy (non-hydrogen) atoms. The van der Waals surface area contributed by atoms with Crippen molar-refractivity contribution in [2.45, 2.75) is 0 Å². The van der Waals surface area contributed by atoms with Crippen LogP contribution in [0.1, 0.15) is 0 Å². The largest absolute Gasteiger partial charge is 0.228 e. The Balaban J connectivity index is 1.23. The molecular weight excluding hydrogens is 661 g/mol. The van der Waals surface area contributed by atoms with Gasteiger partial charge in [0.05, 0.1) is 11.4 Å². The van der Waals surface area contributed by atoms with Crippen molar-refractivity contribution >= 4 is 42.3 Å². The number of thiophene rings is 1. The average Bonchev–Trinajstić information content (AvgIpc) is 3.62. The summed E-state index contributed by atoms with van der Waals surface area (Å²) in [6, 6.07) is 69.4. The molecule has 0 spiro atoms. The molecule has 0 fully saturated rings. The van der Waals surface area contributed by atoms with E-state index in [4.69, 9.17) is 9.97 Å². The van der Waals surface area contributed by atoms with Crippen LogP contribution in [0.4, 0.5) is 0 Å². The molecule has 248 valence electrons. The predicted molar refractivity (Wildman–Crippen MR) is 225 cm³/mol. The predicted octanol–water partition coefficient (Wildman–Crippen LogP) is 14.0. The highest BCUT2D eigenvalue weighted by atomic mass is 32.1. The van der Waals surface area contributed by atoms with E-state index in [0.717, 1.165) is 39.2 Å². The number of aromatic nitrogens is 2. The van der Waals surface area contributed by atoms with Crippen LogP contribution in [0.3, 0.4) is 0 Å². The minimum Gasteiger partial charge on any atom is -0.228 e. The van der Waals surface area contributed by atoms with E-state index in [1.165, 1.54) is 53.2 Å². The summed E-state index contributed by atoms with van der Waals surface area (Å²) in [6.07, 6.45) is 0. The Hall–Kier alpha value is -6.68. The van der Waals surface area contributed by atoms with Gasteiger partial charge in [0, 0.05) is 36.9 Å². The van der Waals surface area contributed by atoms with E-state index >= 15 is 0 Å². The zero-order valence-electron chi connectivity index (χ0n) is 28.8. The molecule has 2 nitrogen and oxygen atoms in total. The fraction of sp³-hybridized carbons (Fsp3) is 0. The minimum atomic E-state index is 0.705. The van der Waals surface area contributed by atoms with Crippen molar-refractivity contribution in [2.24, 2.45) is 0 Å². The van der Waals surface area contributed by atoms with E-state index in [0.29, 0.717) is 5.82 Å². The Morgan fingerprint density at radius 3 is 1.72 bits per heavy atom. The van der Waals surface area contributed by atoms with E-state index in [1.54, 1.807) is 0 Å². The van der Waals surface area contributed by atoms with Crippen molar-refractivity contribution < 1.29 is 0 Å². The molecule has 0 saturated heterocycles. The maximum absolute atomic E-state index is 5.26. The molecule has 0 aliphatic carbocycles. The van der Waals surface area contributed by atoms with E-state index in [2.05, 4.69) is 170 Å². The van der Waals surface area contributed by atoms with Gasteiger partial charge >= 0.3 is 0 Å². The van der Waals surface area contributed by atoms with Gasteiger partial charge in [-0.3, -0.25) is 0 Å². The monoisotopic (exact) mass is 692 g/mol. The van der Waals surface area contributed by atoms with Crippen LogP contribution >= 0.6 is 11.3 Å². The lowest BCUT2D eigenvalue weighted by Crippen LogP contribution is -1.96. The van der Waals surface area contributed by atoms with Gasteiger partial charge in [0.15, 0.2) is 5.82 Å². The van der Waals surface area contributed by atoms with Gasteiger partial charge in [-0.25, -0.2) is 9.97 Å². The first kappa shape index (κ1) is 31.1. The van der Waals surface area contributed by atoms with Gasteiger partial charge in [-0.1, -0.05) is 152 Å². The quantitative estimate of drug-likeness (QED) is 0.173. The van der Waals surface area contributed by atoms with Crippen molar-refractivity contribution in [1.29, 1.82) is 0 Å². The summed E-state index contributed by atoms with van der Waals surface area (Å²) in [4.78, 5) is 10.4. The second-order valence-corrected chi connectivity index (χ2v) is 14.5. The summed E-state index contributed by atoms with van der Waals surface area (Å²) in [5.74, 6) is 0.705. The van der Waals surface area contributed by atoms with Crippen molar-refractivity contribution in [2.75, 3.05) is 0 Å². The second-order valence-electron chi connectivity index (χ2n) is 13.4. The lowest BCUT2D eigenvalue weighted by molar-refractivity contribution is 1.18. The summed E-state index contributed by atoms with van der Waals surface area (Å²) < 4.78 is 2.60. The zero-order valence-corrected chi connectivity index (χ0v) is 29.6. The lowest BCUT2D eigenvalue weighted by atomic mass is 9.88. The van der Waals surface area contributed by atoms with Gasteiger partial charge in [0.25, 0.3) is 0 Å². The van der Waals surface area contributed by atoms with Gasteiger partial charge in [-0.15, -0.1) is 11.3 Å². The second kappa shape index (κ2) is 13.1. The van der Waals surface area contributed by atoms with E-state index in [-0.39, 0.29) is 0 Å². The van der Waals surface area contributed by atoms with Crippen LogP contribution in [-0.4, -0.2) is 9.97 Å². The molecule has 0 unspecified atom stereocenters. The number of hydrogen-bond acceptors (Lipinski definition) is 3. The summed E-state index contributed by atoms with van der Waals surface area (Å²) >= 11 is 1.85. The van der Waals surface area contributed by atoms with E-state index in [9.17, 15) is 0 Å². The van der Waals surface area contributed by atoms with Crippen LogP contribution < -0.4 is 0 Å². The number of benzene rings is 8. The molecule has 3 heteroatoms. The first-order valence-electron chi connectivity index (χ1n) is 17.9. The first-order valence-corrected chi connectivity index (χ1v) is 18.7. The Morgan fingerprint density at radius 2 is 0.887 bits per heavy atom. The molecular formula is C50H32N2S. The van der Waals surface area contributed by atoms with E-state index < -0.39 is 0 Å². The zero-order chi connectivity index (χ0) is 35.1. The number of nitrogens with zero attached hydrogens (tertiary/aromatic N) is 2. The third kappa shape index (κ3) is 5.78. The molecule has 0 saturated carbocycles. The molecule has 10 rings (SSSR count). The summed E-state index contributed by atoms with van der Waals surface area (Å²) in [5.41, 5.74) is 11.9.